The smallest absolute Gasteiger partial charge is 0.239 e. The molecule has 1 fully saturated rings. The first-order valence-corrected chi connectivity index (χ1v) is 7.23. The Bertz CT molecular complexity index is 407. The van der Waals surface area contributed by atoms with Crippen molar-refractivity contribution in [3.05, 3.63) is 11.1 Å². The summed E-state index contributed by atoms with van der Waals surface area (Å²) in [5.74, 6) is 0.0870. The van der Waals surface area contributed by atoms with Gasteiger partial charge in [-0.25, -0.2) is 4.98 Å². The molecule has 1 aromatic rings. The van der Waals surface area contributed by atoms with Gasteiger partial charge in [-0.3, -0.25) is 4.79 Å². The van der Waals surface area contributed by atoms with Crippen LogP contribution >= 0.6 is 11.3 Å². The third-order valence-electron chi connectivity index (χ3n) is 2.98. The zero-order valence-corrected chi connectivity index (χ0v) is 11.7. The first-order chi connectivity index (χ1) is 8.70. The van der Waals surface area contributed by atoms with Gasteiger partial charge in [-0.05, 0) is 19.9 Å². The molecule has 6 heteroatoms. The van der Waals surface area contributed by atoms with Crippen LogP contribution in [0.25, 0.3) is 0 Å². The Kier molecular flexibility index (Phi) is 4.54. The van der Waals surface area contributed by atoms with Crippen LogP contribution in [0.5, 0.6) is 0 Å². The van der Waals surface area contributed by atoms with Crippen molar-refractivity contribution in [3.63, 3.8) is 0 Å². The molecule has 1 atom stereocenters. The molecule has 2 rings (SSSR count). The summed E-state index contributed by atoms with van der Waals surface area (Å²) < 4.78 is 0. The molecule has 0 saturated carbocycles. The minimum atomic E-state index is 0.0870. The topological polar surface area (TPSA) is 57.3 Å². The molecule has 1 unspecified atom stereocenters. The molecule has 1 aromatic heterocycles. The van der Waals surface area contributed by atoms with Gasteiger partial charge < -0.3 is 15.5 Å². The van der Waals surface area contributed by atoms with Gasteiger partial charge in [0.25, 0.3) is 0 Å². The van der Waals surface area contributed by atoms with Gasteiger partial charge >= 0.3 is 0 Å². The van der Waals surface area contributed by atoms with Crippen molar-refractivity contribution in [2.24, 2.45) is 0 Å². The monoisotopic (exact) mass is 268 g/mol. The molecule has 1 saturated heterocycles. The molecule has 0 radical (unpaired) electrons. The van der Waals surface area contributed by atoms with E-state index in [2.05, 4.69) is 34.4 Å². The van der Waals surface area contributed by atoms with E-state index in [9.17, 15) is 4.79 Å². The molecule has 0 spiro atoms. The highest BCUT2D eigenvalue weighted by molar-refractivity contribution is 7.15. The molecule has 0 aromatic carbocycles. The SMILES string of the molecule is CCNC(C)c1cnc(N2CCCNC(=O)C2)s1. The van der Waals surface area contributed by atoms with Gasteiger partial charge in [0.2, 0.25) is 5.91 Å². The lowest BCUT2D eigenvalue weighted by Crippen LogP contribution is -2.32. The average molecular weight is 268 g/mol. The number of thiazole rings is 1. The predicted molar refractivity (Wildman–Crippen MR) is 74.0 cm³/mol. The molecule has 18 heavy (non-hydrogen) atoms. The average Bonchev–Trinajstić information content (AvgIpc) is 2.74. The van der Waals surface area contributed by atoms with Crippen LogP contribution in [0.3, 0.4) is 0 Å². The zero-order valence-electron chi connectivity index (χ0n) is 10.9. The van der Waals surface area contributed by atoms with Crippen molar-refractivity contribution in [1.82, 2.24) is 15.6 Å². The van der Waals surface area contributed by atoms with Crippen LogP contribution in [0.15, 0.2) is 6.20 Å². The van der Waals surface area contributed by atoms with Gasteiger partial charge in [0.15, 0.2) is 5.13 Å². The molecule has 0 bridgehead atoms. The maximum Gasteiger partial charge on any atom is 0.239 e. The van der Waals surface area contributed by atoms with Crippen LogP contribution in [-0.2, 0) is 4.79 Å². The highest BCUT2D eigenvalue weighted by Crippen LogP contribution is 2.27. The lowest BCUT2D eigenvalue weighted by Gasteiger charge is -2.17. The zero-order chi connectivity index (χ0) is 13.0. The summed E-state index contributed by atoms with van der Waals surface area (Å²) in [7, 11) is 0. The number of hydrogen-bond acceptors (Lipinski definition) is 5. The van der Waals surface area contributed by atoms with E-state index in [-0.39, 0.29) is 5.91 Å². The van der Waals surface area contributed by atoms with Gasteiger partial charge in [-0.1, -0.05) is 6.92 Å². The molecular weight excluding hydrogens is 248 g/mol. The van der Waals surface area contributed by atoms with Gasteiger partial charge in [0, 0.05) is 30.2 Å². The minimum Gasteiger partial charge on any atom is -0.354 e. The second-order valence-corrected chi connectivity index (χ2v) is 5.49. The fraction of sp³-hybridized carbons (Fsp3) is 0.667. The third-order valence-corrected chi connectivity index (χ3v) is 4.22. The molecule has 5 nitrogen and oxygen atoms in total. The van der Waals surface area contributed by atoms with Crippen molar-refractivity contribution >= 4 is 22.4 Å². The highest BCUT2D eigenvalue weighted by atomic mass is 32.1. The van der Waals surface area contributed by atoms with Crippen LogP contribution < -0.4 is 15.5 Å². The second kappa shape index (κ2) is 6.15. The van der Waals surface area contributed by atoms with Gasteiger partial charge in [0.05, 0.1) is 6.54 Å². The van der Waals surface area contributed by atoms with Crippen LogP contribution in [0.4, 0.5) is 5.13 Å². The Morgan fingerprint density at radius 3 is 3.28 bits per heavy atom. The summed E-state index contributed by atoms with van der Waals surface area (Å²) in [6.07, 6.45) is 2.89. The molecular formula is C12H20N4OS. The number of aromatic nitrogens is 1. The molecule has 1 aliphatic rings. The van der Waals surface area contributed by atoms with Crippen LogP contribution in [0.2, 0.25) is 0 Å². The lowest BCUT2D eigenvalue weighted by atomic mass is 10.3. The molecule has 2 N–H and O–H groups in total. The maximum atomic E-state index is 11.5. The first kappa shape index (κ1) is 13.3. The van der Waals surface area contributed by atoms with Crippen molar-refractivity contribution in [2.45, 2.75) is 26.3 Å². The largest absolute Gasteiger partial charge is 0.354 e. The van der Waals surface area contributed by atoms with Crippen LogP contribution in [0, 0.1) is 0 Å². The van der Waals surface area contributed by atoms with E-state index in [1.807, 2.05) is 6.20 Å². The fourth-order valence-electron chi connectivity index (χ4n) is 2.00. The Morgan fingerprint density at radius 1 is 1.67 bits per heavy atom. The Labute approximate surface area is 112 Å². The number of hydrogen-bond donors (Lipinski definition) is 2. The van der Waals surface area contributed by atoms with Crippen molar-refractivity contribution in [2.75, 3.05) is 31.1 Å². The van der Waals surface area contributed by atoms with E-state index < -0.39 is 0 Å². The number of nitrogens with one attached hydrogen (secondary N) is 2. The van der Waals surface area contributed by atoms with Crippen LogP contribution in [0.1, 0.15) is 31.2 Å². The third kappa shape index (κ3) is 3.20. The summed E-state index contributed by atoms with van der Waals surface area (Å²) in [5, 5.41) is 7.20. The fourth-order valence-corrected chi connectivity index (χ4v) is 2.97. The van der Waals surface area contributed by atoms with E-state index in [0.29, 0.717) is 12.6 Å². The first-order valence-electron chi connectivity index (χ1n) is 6.41. The van der Waals surface area contributed by atoms with E-state index >= 15 is 0 Å². The van der Waals surface area contributed by atoms with Crippen molar-refractivity contribution in [1.29, 1.82) is 0 Å². The second-order valence-electron chi connectivity index (χ2n) is 4.45. The van der Waals surface area contributed by atoms with Gasteiger partial charge in [-0.2, -0.15) is 0 Å². The molecule has 1 aliphatic heterocycles. The normalized spacial score (nSPS) is 18.3. The molecule has 2 heterocycles. The number of amides is 1. The lowest BCUT2D eigenvalue weighted by molar-refractivity contribution is -0.119. The quantitative estimate of drug-likeness (QED) is 0.860. The van der Waals surface area contributed by atoms with E-state index in [4.69, 9.17) is 0 Å². The number of carbonyl (C=O) groups is 1. The van der Waals surface area contributed by atoms with Gasteiger partial charge in [0.1, 0.15) is 0 Å². The minimum absolute atomic E-state index is 0.0870. The summed E-state index contributed by atoms with van der Waals surface area (Å²) >= 11 is 1.67. The van der Waals surface area contributed by atoms with Crippen LogP contribution in [-0.4, -0.2) is 37.1 Å². The molecule has 100 valence electrons. The van der Waals surface area contributed by atoms with E-state index in [1.165, 1.54) is 4.88 Å². The van der Waals surface area contributed by atoms with Crippen molar-refractivity contribution in [3.8, 4) is 0 Å². The number of nitrogens with zero attached hydrogens (tertiary/aromatic N) is 2. The predicted octanol–water partition coefficient (Wildman–Crippen LogP) is 1.14. The maximum absolute atomic E-state index is 11.5. The summed E-state index contributed by atoms with van der Waals surface area (Å²) in [5.41, 5.74) is 0. The van der Waals surface area contributed by atoms with Gasteiger partial charge in [-0.15, -0.1) is 11.3 Å². The number of carbonyl (C=O) groups excluding carboxylic acids is 1. The van der Waals surface area contributed by atoms with E-state index in [0.717, 1.165) is 31.2 Å². The summed E-state index contributed by atoms with van der Waals surface area (Å²) in [6, 6.07) is 0.321. The Balaban J connectivity index is 2.06. The van der Waals surface area contributed by atoms with Crippen molar-refractivity contribution < 1.29 is 4.79 Å². The Morgan fingerprint density at radius 2 is 2.50 bits per heavy atom. The highest BCUT2D eigenvalue weighted by Gasteiger charge is 2.18. The number of rotatable bonds is 4. The Hall–Kier alpha value is -1.14. The standard InChI is InChI=1S/C12H20N4OS/c1-3-13-9(2)10-7-15-12(18-10)16-6-4-5-14-11(17)8-16/h7,9,13H,3-6,8H2,1-2H3,(H,14,17). The molecule has 0 aliphatic carbocycles. The number of anilines is 1. The summed E-state index contributed by atoms with van der Waals surface area (Å²) in [6.45, 7) is 7.25. The molecule has 1 amide bonds. The van der Waals surface area contributed by atoms with E-state index in [1.54, 1.807) is 11.3 Å². The summed E-state index contributed by atoms with van der Waals surface area (Å²) in [4.78, 5) is 19.2.